The molecule has 0 aliphatic carbocycles. The molecule has 0 radical (unpaired) electrons. The number of anilines is 2. The van der Waals surface area contributed by atoms with Crippen LogP contribution in [0.5, 0.6) is 0 Å². The highest BCUT2D eigenvalue weighted by molar-refractivity contribution is 5.69. The third kappa shape index (κ3) is 1.44. The van der Waals surface area contributed by atoms with Crippen LogP contribution < -0.4 is 17.0 Å². The number of nitrogens with two attached hydrogens (primary N) is 2. The highest BCUT2D eigenvalue weighted by atomic mass is 15.2. The second-order valence-electron chi connectivity index (χ2n) is 2.03. The standard InChI is InChI=1S/C6H9N5/c7-4-1-2-5(10-8)6(3-4)11-9/h1-3,9-10H,7-8H2. The van der Waals surface area contributed by atoms with Crippen molar-refractivity contribution < 1.29 is 0 Å². The van der Waals surface area contributed by atoms with Crippen molar-refractivity contribution in [1.82, 2.24) is 0 Å². The smallest absolute Gasteiger partial charge is 0.111 e. The van der Waals surface area contributed by atoms with Gasteiger partial charge < -0.3 is 11.2 Å². The van der Waals surface area contributed by atoms with Crippen LogP contribution in [-0.2, 0) is 0 Å². The van der Waals surface area contributed by atoms with Crippen LogP contribution in [0.3, 0.4) is 0 Å². The fourth-order valence-electron chi connectivity index (χ4n) is 0.763. The van der Waals surface area contributed by atoms with Gasteiger partial charge in [0.1, 0.15) is 5.69 Å². The van der Waals surface area contributed by atoms with Gasteiger partial charge in [-0.05, 0) is 18.2 Å². The minimum absolute atomic E-state index is 0.438. The Bertz CT molecular complexity index is 270. The first-order valence-electron chi connectivity index (χ1n) is 3.01. The van der Waals surface area contributed by atoms with Crippen LogP contribution in [0.4, 0.5) is 17.1 Å². The zero-order valence-electron chi connectivity index (χ0n) is 5.83. The summed E-state index contributed by atoms with van der Waals surface area (Å²) in [5.41, 5.74) is 16.2. The van der Waals surface area contributed by atoms with Crippen molar-refractivity contribution in [3.8, 4) is 0 Å². The number of rotatable bonds is 2. The predicted molar refractivity (Wildman–Crippen MR) is 43.5 cm³/mol. The Balaban J connectivity index is 3.16. The van der Waals surface area contributed by atoms with E-state index >= 15 is 0 Å². The molecule has 0 saturated heterocycles. The normalized spacial score (nSPS) is 9.18. The van der Waals surface area contributed by atoms with E-state index in [1.54, 1.807) is 18.2 Å². The van der Waals surface area contributed by atoms with E-state index in [-0.39, 0.29) is 0 Å². The van der Waals surface area contributed by atoms with Crippen molar-refractivity contribution in [2.75, 3.05) is 11.2 Å². The molecule has 5 nitrogen and oxygen atoms in total. The molecular formula is C6H9N5. The van der Waals surface area contributed by atoms with E-state index in [1.807, 2.05) is 0 Å². The summed E-state index contributed by atoms with van der Waals surface area (Å²) >= 11 is 0. The molecule has 0 heterocycles. The van der Waals surface area contributed by atoms with Crippen molar-refractivity contribution in [2.45, 2.75) is 0 Å². The number of hydrogen-bond donors (Lipinski definition) is 4. The molecule has 11 heavy (non-hydrogen) atoms. The molecule has 0 spiro atoms. The van der Waals surface area contributed by atoms with Crippen molar-refractivity contribution in [1.29, 1.82) is 5.53 Å². The van der Waals surface area contributed by atoms with Gasteiger partial charge in [0.2, 0.25) is 0 Å². The summed E-state index contributed by atoms with van der Waals surface area (Å²) in [6, 6.07) is 4.93. The summed E-state index contributed by atoms with van der Waals surface area (Å²) in [7, 11) is 0. The lowest BCUT2D eigenvalue weighted by molar-refractivity contribution is 1.14. The van der Waals surface area contributed by atoms with Gasteiger partial charge >= 0.3 is 0 Å². The third-order valence-electron chi connectivity index (χ3n) is 1.30. The quantitative estimate of drug-likeness (QED) is 0.221. The Hall–Kier alpha value is -1.62. The molecule has 0 bridgehead atoms. The van der Waals surface area contributed by atoms with Crippen LogP contribution in [0.25, 0.3) is 0 Å². The van der Waals surface area contributed by atoms with E-state index in [4.69, 9.17) is 17.1 Å². The molecule has 0 aromatic heterocycles. The summed E-state index contributed by atoms with van der Waals surface area (Å²) in [5, 5.41) is 3.23. The molecular weight excluding hydrogens is 142 g/mol. The summed E-state index contributed by atoms with van der Waals surface area (Å²) < 4.78 is 0. The van der Waals surface area contributed by atoms with Crippen molar-refractivity contribution in [3.63, 3.8) is 0 Å². The lowest BCUT2D eigenvalue weighted by Gasteiger charge is -2.02. The number of hydrazine groups is 1. The Morgan fingerprint density at radius 3 is 2.73 bits per heavy atom. The zero-order valence-corrected chi connectivity index (χ0v) is 5.83. The molecule has 1 rings (SSSR count). The molecule has 58 valence electrons. The molecule has 0 aliphatic rings. The maximum atomic E-state index is 6.76. The third-order valence-corrected chi connectivity index (χ3v) is 1.30. The van der Waals surface area contributed by atoms with Gasteiger partial charge in [-0.15, -0.1) is 0 Å². The molecule has 1 aromatic rings. The van der Waals surface area contributed by atoms with E-state index in [2.05, 4.69) is 10.5 Å². The number of nitrogen functional groups attached to an aromatic ring is 2. The second-order valence-corrected chi connectivity index (χ2v) is 2.03. The molecule has 0 amide bonds. The Morgan fingerprint density at radius 1 is 1.45 bits per heavy atom. The zero-order chi connectivity index (χ0) is 8.27. The molecule has 1 aromatic carbocycles. The van der Waals surface area contributed by atoms with Gasteiger partial charge in [-0.25, -0.2) is 5.53 Å². The highest BCUT2D eigenvalue weighted by Gasteiger charge is 1.98. The first-order valence-corrected chi connectivity index (χ1v) is 3.01. The topological polar surface area (TPSA) is 100 Å². The van der Waals surface area contributed by atoms with Gasteiger partial charge in [0.15, 0.2) is 0 Å². The van der Waals surface area contributed by atoms with E-state index in [9.17, 15) is 0 Å². The van der Waals surface area contributed by atoms with Gasteiger partial charge in [0, 0.05) is 5.69 Å². The Kier molecular flexibility index (Phi) is 2.03. The van der Waals surface area contributed by atoms with Gasteiger partial charge in [-0.1, -0.05) is 0 Å². The number of hydrogen-bond acceptors (Lipinski definition) is 5. The summed E-state index contributed by atoms with van der Waals surface area (Å²) in [4.78, 5) is 0. The van der Waals surface area contributed by atoms with E-state index in [0.717, 1.165) is 0 Å². The second kappa shape index (κ2) is 2.98. The van der Waals surface area contributed by atoms with Crippen LogP contribution in [0.15, 0.2) is 23.3 Å². The number of nitrogens with zero attached hydrogens (tertiary/aromatic N) is 1. The molecule has 0 atom stereocenters. The molecule has 0 unspecified atom stereocenters. The monoisotopic (exact) mass is 151 g/mol. The predicted octanol–water partition coefficient (Wildman–Crippen LogP) is 1.22. The summed E-state index contributed by atoms with van der Waals surface area (Å²) in [6.45, 7) is 0. The minimum atomic E-state index is 0.438. The van der Waals surface area contributed by atoms with Crippen molar-refractivity contribution in [3.05, 3.63) is 18.2 Å². The Morgan fingerprint density at radius 2 is 2.18 bits per heavy atom. The molecule has 0 saturated carbocycles. The van der Waals surface area contributed by atoms with Crippen molar-refractivity contribution in [2.24, 2.45) is 11.0 Å². The molecule has 5 heteroatoms. The molecule has 6 N–H and O–H groups in total. The van der Waals surface area contributed by atoms with E-state index in [1.165, 1.54) is 0 Å². The van der Waals surface area contributed by atoms with Crippen LogP contribution in [-0.4, -0.2) is 0 Å². The van der Waals surface area contributed by atoms with Crippen LogP contribution in [0.1, 0.15) is 0 Å². The first kappa shape index (κ1) is 7.49. The van der Waals surface area contributed by atoms with Crippen LogP contribution in [0, 0.1) is 5.53 Å². The number of benzene rings is 1. The fourth-order valence-corrected chi connectivity index (χ4v) is 0.763. The first-order chi connectivity index (χ1) is 5.27. The molecule has 0 fully saturated rings. The Labute approximate surface area is 63.9 Å². The highest BCUT2D eigenvalue weighted by Crippen LogP contribution is 2.25. The number of nitrogens with one attached hydrogen (secondary N) is 2. The summed E-state index contributed by atoms with van der Waals surface area (Å²) in [5.74, 6) is 5.14. The van der Waals surface area contributed by atoms with Gasteiger partial charge in [-0.2, -0.15) is 5.11 Å². The summed E-state index contributed by atoms with van der Waals surface area (Å²) in [6.07, 6.45) is 0. The average molecular weight is 151 g/mol. The molecule has 0 aliphatic heterocycles. The van der Waals surface area contributed by atoms with Gasteiger partial charge in [0.05, 0.1) is 5.69 Å². The van der Waals surface area contributed by atoms with Gasteiger partial charge in [-0.3, -0.25) is 5.84 Å². The van der Waals surface area contributed by atoms with Gasteiger partial charge in [0.25, 0.3) is 0 Å². The maximum absolute atomic E-state index is 6.76. The van der Waals surface area contributed by atoms with Crippen LogP contribution >= 0.6 is 0 Å². The van der Waals surface area contributed by atoms with E-state index < -0.39 is 0 Å². The van der Waals surface area contributed by atoms with Crippen molar-refractivity contribution >= 4 is 17.1 Å². The lowest BCUT2D eigenvalue weighted by atomic mass is 10.2. The minimum Gasteiger partial charge on any atom is -0.399 e. The van der Waals surface area contributed by atoms with E-state index in [0.29, 0.717) is 17.1 Å². The largest absolute Gasteiger partial charge is 0.399 e. The van der Waals surface area contributed by atoms with Crippen LogP contribution in [0.2, 0.25) is 0 Å². The fraction of sp³-hybridized carbons (Fsp3) is 0. The lowest BCUT2D eigenvalue weighted by Crippen LogP contribution is -2.06. The SMILES string of the molecule is N=Nc1cc(N)ccc1NN. The average Bonchev–Trinajstić information content (AvgIpc) is 2.04. The maximum Gasteiger partial charge on any atom is 0.111 e.